The summed E-state index contributed by atoms with van der Waals surface area (Å²) in [5.41, 5.74) is 5.75. The van der Waals surface area contributed by atoms with Crippen molar-refractivity contribution < 1.29 is 9.53 Å². The van der Waals surface area contributed by atoms with E-state index < -0.39 is 0 Å². The molecule has 158 valence electrons. The smallest absolute Gasteiger partial charge is 0.273 e. The highest BCUT2D eigenvalue weighted by Gasteiger charge is 2.13. The highest BCUT2D eigenvalue weighted by Crippen LogP contribution is 2.23. The zero-order chi connectivity index (χ0) is 22.0. The molecule has 0 aliphatic rings. The van der Waals surface area contributed by atoms with Gasteiger partial charge in [0.1, 0.15) is 11.4 Å². The second-order valence-electron chi connectivity index (χ2n) is 7.19. The number of aryl methyl sites for hydroxylation is 1. The van der Waals surface area contributed by atoms with Crippen molar-refractivity contribution in [1.29, 1.82) is 0 Å². The van der Waals surface area contributed by atoms with Gasteiger partial charge in [0.15, 0.2) is 0 Å². The fraction of sp³-hybridized carbons (Fsp3) is 0.174. The van der Waals surface area contributed by atoms with Gasteiger partial charge < -0.3 is 10.1 Å². The van der Waals surface area contributed by atoms with Crippen LogP contribution in [0.3, 0.4) is 0 Å². The van der Waals surface area contributed by atoms with Crippen LogP contribution >= 0.6 is 15.9 Å². The lowest BCUT2D eigenvalue weighted by Gasteiger charge is -2.08. The molecule has 0 aliphatic heterocycles. The number of amides is 1. The van der Waals surface area contributed by atoms with Gasteiger partial charge in [-0.3, -0.25) is 14.6 Å². The number of nitrogens with one attached hydrogen (secondary N) is 2. The summed E-state index contributed by atoms with van der Waals surface area (Å²) in [5.74, 6) is 0.517. The summed E-state index contributed by atoms with van der Waals surface area (Å²) < 4.78 is 8.13. The van der Waals surface area contributed by atoms with Crippen molar-refractivity contribution in [2.24, 2.45) is 0 Å². The molecule has 1 amide bonds. The Kier molecular flexibility index (Phi) is 5.90. The molecule has 4 aromatic rings. The number of nitrogens with zero attached hydrogens (tertiary/aromatic N) is 3. The first kappa shape index (κ1) is 20.9. The number of ether oxygens (including phenoxy) is 1. The molecule has 0 fully saturated rings. The topological polar surface area (TPSA) is 84.8 Å². The number of carbonyl (C=O) groups excluding carboxylic acids is 1. The lowest BCUT2D eigenvalue weighted by Crippen LogP contribution is -2.13. The van der Waals surface area contributed by atoms with E-state index in [1.807, 2.05) is 67.1 Å². The lowest BCUT2D eigenvalue weighted by molar-refractivity contribution is 0.102. The standard InChI is InChI=1S/C23H22BrN5O2/c1-14-22(24)15(2)29(28-14)13-16-5-4-6-18(11-16)25-23(30)21-12-20(26-27-21)17-7-9-19(31-3)10-8-17/h4-12H,13H2,1-3H3,(H,25,30)(H,26,27). The molecule has 2 aromatic carbocycles. The molecule has 2 N–H and O–H groups in total. The van der Waals surface area contributed by atoms with E-state index in [1.54, 1.807) is 13.2 Å². The summed E-state index contributed by atoms with van der Waals surface area (Å²) in [7, 11) is 1.62. The summed E-state index contributed by atoms with van der Waals surface area (Å²) in [4.78, 5) is 12.7. The number of methoxy groups -OCH3 is 1. The van der Waals surface area contributed by atoms with Gasteiger partial charge in [-0.2, -0.15) is 10.2 Å². The molecule has 2 heterocycles. The van der Waals surface area contributed by atoms with Crippen LogP contribution in [0, 0.1) is 13.8 Å². The highest BCUT2D eigenvalue weighted by atomic mass is 79.9. The predicted molar refractivity (Wildman–Crippen MR) is 123 cm³/mol. The van der Waals surface area contributed by atoms with E-state index in [9.17, 15) is 4.79 Å². The molecule has 2 aromatic heterocycles. The van der Waals surface area contributed by atoms with Crippen LogP contribution in [0.25, 0.3) is 11.3 Å². The quantitative estimate of drug-likeness (QED) is 0.409. The zero-order valence-corrected chi connectivity index (χ0v) is 19.0. The normalized spacial score (nSPS) is 10.8. The summed E-state index contributed by atoms with van der Waals surface area (Å²) in [6.07, 6.45) is 0. The van der Waals surface area contributed by atoms with Crippen molar-refractivity contribution in [1.82, 2.24) is 20.0 Å². The van der Waals surface area contributed by atoms with Crippen LogP contribution in [-0.2, 0) is 6.54 Å². The Morgan fingerprint density at radius 3 is 2.61 bits per heavy atom. The van der Waals surface area contributed by atoms with Gasteiger partial charge >= 0.3 is 0 Å². The molecular weight excluding hydrogens is 458 g/mol. The van der Waals surface area contributed by atoms with E-state index in [1.165, 1.54) is 0 Å². The van der Waals surface area contributed by atoms with Gasteiger partial charge in [-0.1, -0.05) is 12.1 Å². The maximum absolute atomic E-state index is 12.7. The van der Waals surface area contributed by atoms with Crippen molar-refractivity contribution in [3.8, 4) is 17.0 Å². The molecule has 7 nitrogen and oxygen atoms in total. The fourth-order valence-electron chi connectivity index (χ4n) is 3.30. The third kappa shape index (κ3) is 4.54. The molecule has 31 heavy (non-hydrogen) atoms. The van der Waals surface area contributed by atoms with Crippen molar-refractivity contribution in [2.75, 3.05) is 12.4 Å². The largest absolute Gasteiger partial charge is 0.497 e. The van der Waals surface area contributed by atoms with Crippen LogP contribution in [0.15, 0.2) is 59.1 Å². The first-order chi connectivity index (χ1) is 14.9. The van der Waals surface area contributed by atoms with E-state index in [0.717, 1.165) is 32.7 Å². The first-order valence-corrected chi connectivity index (χ1v) is 10.5. The Balaban J connectivity index is 1.47. The molecule has 0 bridgehead atoms. The number of aromatic amines is 1. The Labute approximate surface area is 188 Å². The molecular formula is C23H22BrN5O2. The number of aromatic nitrogens is 4. The van der Waals surface area contributed by atoms with Crippen LogP contribution in [0.4, 0.5) is 5.69 Å². The summed E-state index contributed by atoms with van der Waals surface area (Å²) >= 11 is 3.56. The zero-order valence-electron chi connectivity index (χ0n) is 17.4. The minimum Gasteiger partial charge on any atom is -0.497 e. The maximum Gasteiger partial charge on any atom is 0.273 e. The predicted octanol–water partition coefficient (Wildman–Crippen LogP) is 4.96. The maximum atomic E-state index is 12.7. The van der Waals surface area contributed by atoms with Crippen LogP contribution in [0.1, 0.15) is 27.4 Å². The molecule has 0 radical (unpaired) electrons. The molecule has 0 aliphatic carbocycles. The monoisotopic (exact) mass is 479 g/mol. The van der Waals surface area contributed by atoms with Crippen LogP contribution in [0.5, 0.6) is 5.75 Å². The molecule has 8 heteroatoms. The number of carbonyl (C=O) groups is 1. The van der Waals surface area contributed by atoms with Gasteiger partial charge in [-0.05, 0) is 77.8 Å². The van der Waals surface area contributed by atoms with Crippen LogP contribution in [-0.4, -0.2) is 33.0 Å². The van der Waals surface area contributed by atoms with Gasteiger partial charge in [0.2, 0.25) is 0 Å². The molecule has 0 atom stereocenters. The minimum absolute atomic E-state index is 0.252. The Morgan fingerprint density at radius 1 is 1.16 bits per heavy atom. The average molecular weight is 480 g/mol. The Morgan fingerprint density at radius 2 is 1.94 bits per heavy atom. The van der Waals surface area contributed by atoms with Crippen molar-refractivity contribution in [2.45, 2.75) is 20.4 Å². The number of benzene rings is 2. The lowest BCUT2D eigenvalue weighted by atomic mass is 10.1. The van der Waals surface area contributed by atoms with E-state index in [-0.39, 0.29) is 5.91 Å². The third-order valence-corrected chi connectivity index (χ3v) is 6.17. The van der Waals surface area contributed by atoms with E-state index >= 15 is 0 Å². The number of hydrogen-bond acceptors (Lipinski definition) is 4. The third-order valence-electron chi connectivity index (χ3n) is 5.02. The number of hydrogen-bond donors (Lipinski definition) is 2. The van der Waals surface area contributed by atoms with Crippen molar-refractivity contribution >= 4 is 27.5 Å². The Bertz CT molecular complexity index is 1230. The van der Waals surface area contributed by atoms with Crippen LogP contribution < -0.4 is 10.1 Å². The second-order valence-corrected chi connectivity index (χ2v) is 7.99. The van der Waals surface area contributed by atoms with Crippen LogP contribution in [0.2, 0.25) is 0 Å². The van der Waals surface area contributed by atoms with E-state index in [2.05, 4.69) is 36.5 Å². The fourth-order valence-corrected chi connectivity index (χ4v) is 3.58. The number of H-pyrrole nitrogens is 1. The molecule has 0 unspecified atom stereocenters. The SMILES string of the molecule is COc1ccc(-c2cc(C(=O)Nc3cccc(Cn4nc(C)c(Br)c4C)c3)[nH]n2)cc1. The minimum atomic E-state index is -0.252. The van der Waals surface area contributed by atoms with Crippen molar-refractivity contribution in [3.63, 3.8) is 0 Å². The number of rotatable bonds is 6. The van der Waals surface area contributed by atoms with Crippen molar-refractivity contribution in [3.05, 3.63) is 81.7 Å². The second kappa shape index (κ2) is 8.77. The number of halogens is 1. The van der Waals surface area contributed by atoms with E-state index in [0.29, 0.717) is 23.6 Å². The summed E-state index contributed by atoms with van der Waals surface area (Å²) in [6, 6.07) is 17.0. The molecule has 4 rings (SSSR count). The summed E-state index contributed by atoms with van der Waals surface area (Å²) in [6.45, 7) is 4.61. The average Bonchev–Trinajstić information content (AvgIpc) is 3.36. The Hall–Kier alpha value is -3.39. The molecule has 0 saturated heterocycles. The van der Waals surface area contributed by atoms with Gasteiger partial charge in [0.25, 0.3) is 5.91 Å². The molecule has 0 saturated carbocycles. The van der Waals surface area contributed by atoms with Gasteiger partial charge in [0, 0.05) is 11.3 Å². The number of anilines is 1. The first-order valence-electron chi connectivity index (χ1n) is 9.74. The van der Waals surface area contributed by atoms with Gasteiger partial charge in [-0.15, -0.1) is 0 Å². The summed E-state index contributed by atoms with van der Waals surface area (Å²) in [5, 5.41) is 14.5. The molecule has 0 spiro atoms. The van der Waals surface area contributed by atoms with Gasteiger partial charge in [-0.25, -0.2) is 0 Å². The van der Waals surface area contributed by atoms with E-state index in [4.69, 9.17) is 4.74 Å². The highest BCUT2D eigenvalue weighted by molar-refractivity contribution is 9.10. The van der Waals surface area contributed by atoms with Gasteiger partial charge in [0.05, 0.1) is 35.2 Å².